The van der Waals surface area contributed by atoms with E-state index in [-0.39, 0.29) is 17.2 Å². The van der Waals surface area contributed by atoms with E-state index in [1.165, 1.54) is 23.5 Å². The monoisotopic (exact) mass is 651 g/mol. The van der Waals surface area contributed by atoms with Crippen LogP contribution in [0, 0.1) is 5.82 Å². The molecule has 236 valence electrons. The number of amides is 1. The Morgan fingerprint density at radius 1 is 1.09 bits per heavy atom. The number of sulfonamides is 1. The van der Waals surface area contributed by atoms with E-state index in [1.807, 2.05) is 12.1 Å². The molecule has 0 aliphatic carbocycles. The number of nitrogens with zero attached hydrogens (tertiary/aromatic N) is 2. The number of hydrogen-bond acceptors (Lipinski definition) is 7. The predicted octanol–water partition coefficient (Wildman–Crippen LogP) is 5.14. The normalized spacial score (nSPS) is 16.1. The lowest BCUT2D eigenvalue weighted by Gasteiger charge is -2.35. The minimum absolute atomic E-state index is 0.215. The highest BCUT2D eigenvalue weighted by molar-refractivity contribution is 7.89. The Morgan fingerprint density at radius 3 is 2.58 bits per heavy atom. The van der Waals surface area contributed by atoms with Crippen molar-refractivity contribution in [1.82, 2.24) is 14.6 Å². The van der Waals surface area contributed by atoms with Crippen LogP contribution in [0.2, 0.25) is 5.02 Å². The summed E-state index contributed by atoms with van der Waals surface area (Å²) in [6, 6.07) is 22.4. The van der Waals surface area contributed by atoms with Crippen molar-refractivity contribution in [2.75, 3.05) is 37.4 Å². The van der Waals surface area contributed by atoms with Gasteiger partial charge in [0, 0.05) is 54.4 Å². The van der Waals surface area contributed by atoms with Crippen molar-refractivity contribution in [1.29, 1.82) is 0 Å². The minimum atomic E-state index is -3.73. The van der Waals surface area contributed by atoms with Crippen molar-refractivity contribution in [3.63, 3.8) is 0 Å². The summed E-state index contributed by atoms with van der Waals surface area (Å²) >= 11 is 6.07. The summed E-state index contributed by atoms with van der Waals surface area (Å²) in [5, 5.41) is 9.99. The molecule has 1 aliphatic rings. The second-order valence-corrected chi connectivity index (χ2v) is 13.0. The molecular weight excluding hydrogens is 617 g/mol. The quantitative estimate of drug-likeness (QED) is 0.195. The van der Waals surface area contributed by atoms with E-state index in [0.717, 1.165) is 5.56 Å². The number of benzene rings is 3. The van der Waals surface area contributed by atoms with Gasteiger partial charge in [-0.3, -0.25) is 4.79 Å². The molecule has 3 N–H and O–H groups in total. The average Bonchev–Trinajstić information content (AvgIpc) is 3.06. The van der Waals surface area contributed by atoms with Crippen LogP contribution in [0.5, 0.6) is 5.88 Å². The molecule has 0 bridgehead atoms. The van der Waals surface area contributed by atoms with E-state index in [2.05, 4.69) is 20.9 Å². The summed E-state index contributed by atoms with van der Waals surface area (Å²) < 4.78 is 48.9. The molecule has 1 aliphatic heterocycles. The van der Waals surface area contributed by atoms with Crippen molar-refractivity contribution in [2.24, 2.45) is 0 Å². The second-order valence-electron chi connectivity index (χ2n) is 10.7. The highest BCUT2D eigenvalue weighted by Gasteiger charge is 2.33. The molecule has 0 radical (unpaired) electrons. The molecule has 0 saturated carbocycles. The first-order valence-corrected chi connectivity index (χ1v) is 16.4. The zero-order valence-electron chi connectivity index (χ0n) is 24.7. The first-order valence-electron chi connectivity index (χ1n) is 14.6. The van der Waals surface area contributed by atoms with Gasteiger partial charge in [0.25, 0.3) is 0 Å². The van der Waals surface area contributed by atoms with Crippen molar-refractivity contribution in [3.05, 3.63) is 113 Å². The molecule has 0 unspecified atom stereocenters. The highest BCUT2D eigenvalue weighted by Crippen LogP contribution is 2.26. The van der Waals surface area contributed by atoms with Gasteiger partial charge in [0.15, 0.2) is 0 Å². The molecule has 0 spiro atoms. The third kappa shape index (κ3) is 8.17. The Balaban J connectivity index is 1.34. The van der Waals surface area contributed by atoms with Crippen LogP contribution >= 0.6 is 11.6 Å². The standard InChI is InChI=1S/C33H35ClFN5O4S/c1-44-32-17-14-25(21-37-32)38-31(20-23-10-12-24(34)13-11-23)33(41)39-30-9-5-8-29(35)28(30)16-15-26-22-36-18-19-40(26)45(42,43)27-6-3-2-4-7-27/h2-14,17,21,26,31,36,38H,15-16,18-20,22H2,1H3,(H,39,41)/t26-,31-/m0/s1. The summed E-state index contributed by atoms with van der Waals surface area (Å²) in [7, 11) is -2.21. The lowest BCUT2D eigenvalue weighted by molar-refractivity contribution is -0.116. The van der Waals surface area contributed by atoms with Crippen LogP contribution in [0.4, 0.5) is 15.8 Å². The summed E-state index contributed by atoms with van der Waals surface area (Å²) in [5.41, 5.74) is 2.12. The lowest BCUT2D eigenvalue weighted by Crippen LogP contribution is -2.53. The summed E-state index contributed by atoms with van der Waals surface area (Å²) in [5.74, 6) is -0.414. The fourth-order valence-corrected chi connectivity index (χ4v) is 7.15. The summed E-state index contributed by atoms with van der Waals surface area (Å²) in [4.78, 5) is 18.2. The van der Waals surface area contributed by atoms with Crippen LogP contribution in [-0.4, -0.2) is 62.4 Å². The fourth-order valence-electron chi connectivity index (χ4n) is 5.35. The number of aromatic nitrogens is 1. The Bertz CT molecular complexity index is 1690. The van der Waals surface area contributed by atoms with Crippen molar-refractivity contribution >= 4 is 38.9 Å². The summed E-state index contributed by atoms with van der Waals surface area (Å²) in [6.07, 6.45) is 2.46. The van der Waals surface area contributed by atoms with E-state index < -0.39 is 27.9 Å². The van der Waals surface area contributed by atoms with Gasteiger partial charge in [0.05, 0.1) is 23.9 Å². The first-order chi connectivity index (χ1) is 21.7. The smallest absolute Gasteiger partial charge is 0.247 e. The molecule has 3 aromatic carbocycles. The Labute approximate surface area is 267 Å². The van der Waals surface area contributed by atoms with Crippen LogP contribution < -0.4 is 20.7 Å². The third-order valence-electron chi connectivity index (χ3n) is 7.71. The van der Waals surface area contributed by atoms with Gasteiger partial charge in [0.2, 0.25) is 21.8 Å². The maximum absolute atomic E-state index is 15.3. The van der Waals surface area contributed by atoms with Gasteiger partial charge >= 0.3 is 0 Å². The molecule has 1 amide bonds. The molecule has 5 rings (SSSR count). The maximum Gasteiger partial charge on any atom is 0.247 e. The molecule has 45 heavy (non-hydrogen) atoms. The van der Waals surface area contributed by atoms with Crippen LogP contribution in [0.3, 0.4) is 0 Å². The second kappa shape index (κ2) is 14.8. The zero-order chi connectivity index (χ0) is 31.8. The number of methoxy groups -OCH3 is 1. The topological polar surface area (TPSA) is 113 Å². The number of ether oxygens (including phenoxy) is 1. The predicted molar refractivity (Wildman–Crippen MR) is 174 cm³/mol. The minimum Gasteiger partial charge on any atom is -0.481 e. The number of carbonyl (C=O) groups excluding carboxylic acids is 1. The van der Waals surface area contributed by atoms with Crippen molar-refractivity contribution in [3.8, 4) is 5.88 Å². The van der Waals surface area contributed by atoms with Gasteiger partial charge in [-0.25, -0.2) is 17.8 Å². The van der Waals surface area contributed by atoms with Crippen LogP contribution in [0.25, 0.3) is 0 Å². The van der Waals surface area contributed by atoms with Crippen LogP contribution in [0.1, 0.15) is 17.5 Å². The molecule has 12 heteroatoms. The van der Waals surface area contributed by atoms with Crippen molar-refractivity contribution in [2.45, 2.75) is 36.2 Å². The molecule has 2 heterocycles. The number of halogens is 2. The Morgan fingerprint density at radius 2 is 1.87 bits per heavy atom. The van der Waals surface area contributed by atoms with Crippen molar-refractivity contribution < 1.29 is 22.3 Å². The van der Waals surface area contributed by atoms with Gasteiger partial charge in [0.1, 0.15) is 11.9 Å². The Hall–Kier alpha value is -4.03. The van der Waals surface area contributed by atoms with Gasteiger partial charge in [-0.2, -0.15) is 4.31 Å². The molecular formula is C33H35ClFN5O4S. The van der Waals surface area contributed by atoms with E-state index in [1.54, 1.807) is 66.9 Å². The number of hydrogen-bond donors (Lipinski definition) is 3. The number of anilines is 2. The van der Waals surface area contributed by atoms with Gasteiger partial charge in [-0.1, -0.05) is 48.0 Å². The number of pyridine rings is 1. The number of rotatable bonds is 12. The van der Waals surface area contributed by atoms with Gasteiger partial charge in [-0.15, -0.1) is 0 Å². The van der Waals surface area contributed by atoms with Gasteiger partial charge < -0.3 is 20.7 Å². The van der Waals surface area contributed by atoms with E-state index in [9.17, 15) is 13.2 Å². The van der Waals surface area contributed by atoms with Gasteiger partial charge in [-0.05, 0) is 60.9 Å². The molecule has 1 aromatic heterocycles. The average molecular weight is 652 g/mol. The van der Waals surface area contributed by atoms with E-state index in [0.29, 0.717) is 60.3 Å². The highest BCUT2D eigenvalue weighted by atomic mass is 35.5. The zero-order valence-corrected chi connectivity index (χ0v) is 26.3. The largest absolute Gasteiger partial charge is 0.481 e. The molecule has 4 aromatic rings. The third-order valence-corrected chi connectivity index (χ3v) is 9.92. The maximum atomic E-state index is 15.3. The van der Waals surface area contributed by atoms with Crippen LogP contribution in [-0.2, 0) is 27.7 Å². The number of carbonyl (C=O) groups is 1. The Kier molecular flexibility index (Phi) is 10.7. The lowest BCUT2D eigenvalue weighted by atomic mass is 10.0. The first kappa shape index (κ1) is 32.4. The number of nitrogens with one attached hydrogen (secondary N) is 3. The fraction of sp³-hybridized carbons (Fsp3) is 0.273. The van der Waals surface area contributed by atoms with E-state index >= 15 is 4.39 Å². The SMILES string of the molecule is COc1ccc(N[C@@H](Cc2ccc(Cl)cc2)C(=O)Nc2cccc(F)c2CC[C@H]2CNCCN2S(=O)(=O)c2ccccc2)cn1. The van der Waals surface area contributed by atoms with E-state index in [4.69, 9.17) is 16.3 Å². The molecule has 9 nitrogen and oxygen atoms in total. The van der Waals surface area contributed by atoms with Crippen LogP contribution in [0.15, 0.2) is 96.0 Å². The summed E-state index contributed by atoms with van der Waals surface area (Å²) in [6.45, 7) is 1.27. The molecule has 2 atom stereocenters. The number of piperazine rings is 1. The molecule has 1 saturated heterocycles. The molecule has 1 fully saturated rings.